The number of amides is 1. The van der Waals surface area contributed by atoms with E-state index in [1.54, 1.807) is 0 Å². The molecule has 1 amide bonds. The number of benzene rings is 1. The molecule has 9 heteroatoms. The minimum atomic E-state index is 0.267. The molecule has 3 heterocycles. The molecule has 0 aliphatic carbocycles. The van der Waals surface area contributed by atoms with Gasteiger partial charge in [-0.15, -0.1) is 0 Å². The van der Waals surface area contributed by atoms with Crippen LogP contribution in [-0.2, 0) is 16.1 Å². The van der Waals surface area contributed by atoms with E-state index in [0.717, 1.165) is 80.8 Å². The highest BCUT2D eigenvalue weighted by Gasteiger charge is 2.15. The summed E-state index contributed by atoms with van der Waals surface area (Å²) in [6, 6.07) is 8.44. The molecule has 1 saturated heterocycles. The van der Waals surface area contributed by atoms with Crippen LogP contribution < -0.4 is 16.0 Å². The first-order valence-corrected chi connectivity index (χ1v) is 13.1. The molecule has 3 N–H and O–H groups in total. The monoisotopic (exact) mass is 493 g/mol. The fraction of sp³-hybridized carbons (Fsp3) is 0.519. The number of morpholine rings is 1. The molecular weight excluding hydrogens is 454 g/mol. The molecule has 1 aliphatic rings. The SMILES string of the molecule is CCCNc1nc(NC)nc2cc(-n3ccc(CNCCCCCC(=O)N4CCOCC4)c3)ccc12. The highest BCUT2D eigenvalue weighted by atomic mass is 16.5. The Morgan fingerprint density at radius 3 is 2.75 bits per heavy atom. The minimum absolute atomic E-state index is 0.267. The summed E-state index contributed by atoms with van der Waals surface area (Å²) in [5.74, 6) is 1.74. The molecule has 1 fully saturated rings. The number of aromatic nitrogens is 3. The molecule has 0 radical (unpaired) electrons. The number of hydrogen-bond acceptors (Lipinski definition) is 7. The van der Waals surface area contributed by atoms with Crippen molar-refractivity contribution in [1.29, 1.82) is 0 Å². The number of nitrogens with zero attached hydrogens (tertiary/aromatic N) is 4. The van der Waals surface area contributed by atoms with Crippen molar-refractivity contribution in [2.75, 3.05) is 57.1 Å². The molecule has 4 rings (SSSR count). The van der Waals surface area contributed by atoms with Gasteiger partial charge in [0.25, 0.3) is 0 Å². The molecule has 0 unspecified atom stereocenters. The normalized spacial score (nSPS) is 13.8. The van der Waals surface area contributed by atoms with Gasteiger partial charge < -0.3 is 30.2 Å². The average molecular weight is 494 g/mol. The third kappa shape index (κ3) is 6.95. The molecule has 0 spiro atoms. The lowest BCUT2D eigenvalue weighted by Gasteiger charge is -2.26. The molecule has 194 valence electrons. The van der Waals surface area contributed by atoms with Gasteiger partial charge in [0.15, 0.2) is 0 Å². The Balaban J connectivity index is 1.24. The third-order valence-corrected chi connectivity index (χ3v) is 6.44. The van der Waals surface area contributed by atoms with Crippen molar-refractivity contribution < 1.29 is 9.53 Å². The average Bonchev–Trinajstić information content (AvgIpc) is 3.40. The van der Waals surface area contributed by atoms with Crippen LogP contribution in [0.15, 0.2) is 36.7 Å². The largest absolute Gasteiger partial charge is 0.378 e. The highest BCUT2D eigenvalue weighted by Crippen LogP contribution is 2.25. The standard InChI is InChI=1S/C27H39N7O2/c1-3-11-30-26-23-9-8-22(18-24(23)31-27(28-2)32-26)34-13-10-21(20-34)19-29-12-6-4-5-7-25(35)33-14-16-36-17-15-33/h8-10,13,18,20,29H,3-7,11-12,14-17,19H2,1-2H3,(H2,28,30,31,32). The number of carbonyl (C=O) groups excluding carboxylic acids is 1. The van der Waals surface area contributed by atoms with E-state index in [1.165, 1.54) is 5.56 Å². The van der Waals surface area contributed by atoms with Crippen LogP contribution in [0.3, 0.4) is 0 Å². The predicted molar refractivity (Wildman–Crippen MR) is 145 cm³/mol. The molecule has 0 atom stereocenters. The van der Waals surface area contributed by atoms with Crippen molar-refractivity contribution in [3.63, 3.8) is 0 Å². The van der Waals surface area contributed by atoms with Crippen LogP contribution in [0.2, 0.25) is 0 Å². The van der Waals surface area contributed by atoms with Gasteiger partial charge in [-0.1, -0.05) is 13.3 Å². The van der Waals surface area contributed by atoms with Crippen molar-refractivity contribution in [2.45, 2.75) is 45.6 Å². The van der Waals surface area contributed by atoms with Crippen LogP contribution in [0.25, 0.3) is 16.6 Å². The molecule has 1 aromatic carbocycles. The zero-order valence-corrected chi connectivity index (χ0v) is 21.6. The van der Waals surface area contributed by atoms with Gasteiger partial charge in [0.2, 0.25) is 11.9 Å². The predicted octanol–water partition coefficient (Wildman–Crippen LogP) is 3.79. The van der Waals surface area contributed by atoms with E-state index in [9.17, 15) is 4.79 Å². The van der Waals surface area contributed by atoms with E-state index in [-0.39, 0.29) is 5.91 Å². The van der Waals surface area contributed by atoms with Gasteiger partial charge >= 0.3 is 0 Å². The zero-order chi connectivity index (χ0) is 25.2. The van der Waals surface area contributed by atoms with Crippen LogP contribution >= 0.6 is 0 Å². The summed E-state index contributed by atoms with van der Waals surface area (Å²) in [6.07, 6.45) is 9.01. The number of unbranched alkanes of at least 4 members (excludes halogenated alkanes) is 2. The second-order valence-electron chi connectivity index (χ2n) is 9.18. The fourth-order valence-corrected chi connectivity index (χ4v) is 4.38. The molecule has 0 bridgehead atoms. The maximum Gasteiger partial charge on any atom is 0.224 e. The first-order valence-electron chi connectivity index (χ1n) is 13.1. The summed E-state index contributed by atoms with van der Waals surface area (Å²) in [5.41, 5.74) is 3.22. The molecular formula is C27H39N7O2. The summed E-state index contributed by atoms with van der Waals surface area (Å²) in [4.78, 5) is 23.4. The number of anilines is 2. The van der Waals surface area contributed by atoms with Gasteiger partial charge in [0.1, 0.15) is 5.82 Å². The summed E-state index contributed by atoms with van der Waals surface area (Å²) < 4.78 is 7.44. The van der Waals surface area contributed by atoms with Crippen molar-refractivity contribution >= 4 is 28.6 Å². The van der Waals surface area contributed by atoms with Gasteiger partial charge in [0.05, 0.1) is 18.7 Å². The number of carbonyl (C=O) groups is 1. The maximum atomic E-state index is 12.2. The third-order valence-electron chi connectivity index (χ3n) is 6.44. The fourth-order valence-electron chi connectivity index (χ4n) is 4.38. The van der Waals surface area contributed by atoms with Crippen molar-refractivity contribution in [2.24, 2.45) is 0 Å². The Labute approximate surface area is 213 Å². The lowest BCUT2D eigenvalue weighted by molar-refractivity contribution is -0.135. The van der Waals surface area contributed by atoms with Gasteiger partial charge in [-0.25, -0.2) is 4.98 Å². The number of fused-ring (bicyclic) bond motifs is 1. The molecule has 3 aromatic rings. The lowest BCUT2D eigenvalue weighted by atomic mass is 10.1. The Kier molecular flexibility index (Phi) is 9.52. The van der Waals surface area contributed by atoms with Gasteiger partial charge in [-0.2, -0.15) is 4.98 Å². The second kappa shape index (κ2) is 13.2. The lowest BCUT2D eigenvalue weighted by Crippen LogP contribution is -2.40. The van der Waals surface area contributed by atoms with E-state index in [0.29, 0.717) is 25.6 Å². The van der Waals surface area contributed by atoms with E-state index in [2.05, 4.69) is 74.1 Å². The van der Waals surface area contributed by atoms with Crippen LogP contribution in [0.4, 0.5) is 11.8 Å². The Hall–Kier alpha value is -3.17. The van der Waals surface area contributed by atoms with E-state index in [1.807, 2.05) is 11.9 Å². The Morgan fingerprint density at radius 1 is 1.08 bits per heavy atom. The van der Waals surface area contributed by atoms with E-state index in [4.69, 9.17) is 4.74 Å². The summed E-state index contributed by atoms with van der Waals surface area (Å²) in [6.45, 7) is 7.60. The summed E-state index contributed by atoms with van der Waals surface area (Å²) >= 11 is 0. The van der Waals surface area contributed by atoms with Gasteiger partial charge in [0, 0.05) is 63.1 Å². The van der Waals surface area contributed by atoms with Crippen molar-refractivity contribution in [3.8, 4) is 5.69 Å². The van der Waals surface area contributed by atoms with Gasteiger partial charge in [-0.3, -0.25) is 4.79 Å². The quantitative estimate of drug-likeness (QED) is 0.312. The minimum Gasteiger partial charge on any atom is -0.378 e. The van der Waals surface area contributed by atoms with Crippen molar-refractivity contribution in [3.05, 3.63) is 42.2 Å². The zero-order valence-electron chi connectivity index (χ0n) is 21.6. The van der Waals surface area contributed by atoms with Crippen LogP contribution in [0.5, 0.6) is 0 Å². The summed E-state index contributed by atoms with van der Waals surface area (Å²) in [7, 11) is 1.84. The molecule has 36 heavy (non-hydrogen) atoms. The molecule has 2 aromatic heterocycles. The molecule has 0 saturated carbocycles. The number of rotatable bonds is 13. The first-order chi connectivity index (χ1) is 17.7. The maximum absolute atomic E-state index is 12.2. The number of nitrogens with one attached hydrogen (secondary N) is 3. The smallest absolute Gasteiger partial charge is 0.224 e. The molecule has 9 nitrogen and oxygen atoms in total. The second-order valence-corrected chi connectivity index (χ2v) is 9.18. The highest BCUT2D eigenvalue weighted by molar-refractivity contribution is 5.91. The number of hydrogen-bond donors (Lipinski definition) is 3. The first kappa shape index (κ1) is 25.9. The van der Waals surface area contributed by atoms with Crippen molar-refractivity contribution in [1.82, 2.24) is 24.8 Å². The van der Waals surface area contributed by atoms with Crippen LogP contribution in [0.1, 0.15) is 44.6 Å². The Morgan fingerprint density at radius 2 is 1.94 bits per heavy atom. The van der Waals surface area contributed by atoms with Gasteiger partial charge in [-0.05, 0) is 55.6 Å². The Bertz CT molecular complexity index is 1120. The van der Waals surface area contributed by atoms with Crippen LogP contribution in [-0.4, -0.2) is 71.8 Å². The van der Waals surface area contributed by atoms with E-state index >= 15 is 0 Å². The summed E-state index contributed by atoms with van der Waals surface area (Å²) in [5, 5.41) is 11.0. The number of ether oxygens (including phenoxy) is 1. The van der Waals surface area contributed by atoms with E-state index < -0.39 is 0 Å². The van der Waals surface area contributed by atoms with Crippen LogP contribution in [0, 0.1) is 0 Å². The topological polar surface area (TPSA) is 96.3 Å². The molecule has 1 aliphatic heterocycles.